The maximum absolute atomic E-state index is 3.45. The van der Waals surface area contributed by atoms with E-state index in [4.69, 9.17) is 0 Å². The molecule has 0 radical (unpaired) electrons. The number of likely N-dealkylation sites (tertiary alicyclic amines) is 1. The molecule has 1 aliphatic heterocycles. The van der Waals surface area contributed by atoms with Crippen molar-refractivity contribution in [2.45, 2.75) is 77.5 Å². The van der Waals surface area contributed by atoms with Crippen molar-refractivity contribution in [1.29, 1.82) is 0 Å². The van der Waals surface area contributed by atoms with Gasteiger partial charge in [-0.05, 0) is 46.6 Å². The highest BCUT2D eigenvalue weighted by molar-refractivity contribution is 4.91. The zero-order valence-electron chi connectivity index (χ0n) is 11.1. The summed E-state index contributed by atoms with van der Waals surface area (Å²) >= 11 is 0. The second-order valence-corrected chi connectivity index (χ2v) is 4.98. The molecule has 0 saturated carbocycles. The van der Waals surface area contributed by atoms with Gasteiger partial charge in [-0.2, -0.15) is 0 Å². The molecule has 1 rings (SSSR count). The molecule has 0 aromatic carbocycles. The molecule has 2 heteroatoms. The fraction of sp³-hybridized carbons (Fsp3) is 1.00. The lowest BCUT2D eigenvalue weighted by molar-refractivity contribution is 0.115. The van der Waals surface area contributed by atoms with E-state index < -0.39 is 0 Å². The quantitative estimate of drug-likeness (QED) is 0.753. The molecule has 15 heavy (non-hydrogen) atoms. The predicted octanol–water partition coefficient (Wildman–Crippen LogP) is 2.64. The SMILES string of the molecule is CCC(NC)C(C)N1C(C)CCC1CC. The van der Waals surface area contributed by atoms with Gasteiger partial charge in [-0.15, -0.1) is 0 Å². The Bertz CT molecular complexity index is 177. The summed E-state index contributed by atoms with van der Waals surface area (Å²) in [5.41, 5.74) is 0. The molecule has 1 heterocycles. The van der Waals surface area contributed by atoms with Crippen molar-refractivity contribution in [3.63, 3.8) is 0 Å². The van der Waals surface area contributed by atoms with Gasteiger partial charge in [-0.1, -0.05) is 13.8 Å². The molecule has 1 N–H and O–H groups in total. The van der Waals surface area contributed by atoms with Gasteiger partial charge in [0.1, 0.15) is 0 Å². The lowest BCUT2D eigenvalue weighted by Gasteiger charge is -2.38. The number of hydrogen-bond acceptors (Lipinski definition) is 2. The molecule has 0 aromatic rings. The first-order valence-corrected chi connectivity index (χ1v) is 6.60. The lowest BCUT2D eigenvalue weighted by Crippen LogP contribution is -2.51. The largest absolute Gasteiger partial charge is 0.315 e. The molecule has 1 aliphatic rings. The van der Waals surface area contributed by atoms with E-state index in [9.17, 15) is 0 Å². The van der Waals surface area contributed by atoms with Gasteiger partial charge in [-0.3, -0.25) is 4.90 Å². The highest BCUT2D eigenvalue weighted by Gasteiger charge is 2.34. The molecule has 4 atom stereocenters. The standard InChI is InChI=1S/C13H28N2/c1-6-12-9-8-10(3)15(12)11(4)13(7-2)14-5/h10-14H,6-9H2,1-5H3. The minimum absolute atomic E-state index is 0.639. The molecular formula is C13H28N2. The lowest BCUT2D eigenvalue weighted by atomic mass is 10.0. The van der Waals surface area contributed by atoms with Crippen LogP contribution >= 0.6 is 0 Å². The third-order valence-electron chi connectivity index (χ3n) is 4.18. The monoisotopic (exact) mass is 212 g/mol. The molecule has 0 bridgehead atoms. The van der Waals surface area contributed by atoms with Crippen molar-refractivity contribution in [1.82, 2.24) is 10.2 Å². The Hall–Kier alpha value is -0.0800. The van der Waals surface area contributed by atoms with E-state index >= 15 is 0 Å². The van der Waals surface area contributed by atoms with Gasteiger partial charge in [0.05, 0.1) is 0 Å². The molecule has 1 saturated heterocycles. The summed E-state index contributed by atoms with van der Waals surface area (Å²) in [7, 11) is 2.09. The smallest absolute Gasteiger partial charge is 0.0226 e. The molecular weight excluding hydrogens is 184 g/mol. The van der Waals surface area contributed by atoms with Crippen LogP contribution in [0, 0.1) is 0 Å². The van der Waals surface area contributed by atoms with Crippen molar-refractivity contribution in [2.75, 3.05) is 7.05 Å². The van der Waals surface area contributed by atoms with Gasteiger partial charge in [-0.25, -0.2) is 0 Å². The Kier molecular flexibility index (Phi) is 5.07. The van der Waals surface area contributed by atoms with Crippen LogP contribution in [0.3, 0.4) is 0 Å². The van der Waals surface area contributed by atoms with Crippen molar-refractivity contribution < 1.29 is 0 Å². The van der Waals surface area contributed by atoms with Crippen LogP contribution in [0.2, 0.25) is 0 Å². The second kappa shape index (κ2) is 5.86. The molecule has 0 aliphatic carbocycles. The summed E-state index contributed by atoms with van der Waals surface area (Å²) in [4.78, 5) is 2.74. The number of rotatable bonds is 5. The van der Waals surface area contributed by atoms with Crippen molar-refractivity contribution in [3.8, 4) is 0 Å². The van der Waals surface area contributed by atoms with Crippen molar-refractivity contribution in [3.05, 3.63) is 0 Å². The zero-order chi connectivity index (χ0) is 11.4. The van der Waals surface area contributed by atoms with E-state index in [1.165, 1.54) is 25.7 Å². The van der Waals surface area contributed by atoms with E-state index in [1.54, 1.807) is 0 Å². The summed E-state index contributed by atoms with van der Waals surface area (Å²) in [6.07, 6.45) is 5.29. The number of nitrogens with one attached hydrogen (secondary N) is 1. The fourth-order valence-corrected chi connectivity index (χ4v) is 3.23. The predicted molar refractivity (Wildman–Crippen MR) is 67.2 cm³/mol. The zero-order valence-corrected chi connectivity index (χ0v) is 11.1. The van der Waals surface area contributed by atoms with Crippen LogP contribution in [0.25, 0.3) is 0 Å². The van der Waals surface area contributed by atoms with Crippen molar-refractivity contribution in [2.24, 2.45) is 0 Å². The van der Waals surface area contributed by atoms with Crippen LogP contribution in [0.4, 0.5) is 0 Å². The van der Waals surface area contributed by atoms with E-state index in [1.807, 2.05) is 0 Å². The minimum atomic E-state index is 0.639. The van der Waals surface area contributed by atoms with E-state index in [-0.39, 0.29) is 0 Å². The van der Waals surface area contributed by atoms with Gasteiger partial charge in [0.15, 0.2) is 0 Å². The number of hydrogen-bond donors (Lipinski definition) is 1. The van der Waals surface area contributed by atoms with Crippen LogP contribution in [0.1, 0.15) is 53.4 Å². The first-order valence-electron chi connectivity index (χ1n) is 6.60. The Morgan fingerprint density at radius 1 is 1.33 bits per heavy atom. The normalized spacial score (nSPS) is 31.8. The topological polar surface area (TPSA) is 15.3 Å². The van der Waals surface area contributed by atoms with Gasteiger partial charge in [0.2, 0.25) is 0 Å². The fourth-order valence-electron chi connectivity index (χ4n) is 3.23. The third-order valence-corrected chi connectivity index (χ3v) is 4.18. The number of nitrogens with zero attached hydrogens (tertiary/aromatic N) is 1. The molecule has 0 spiro atoms. The Balaban J connectivity index is 2.66. The van der Waals surface area contributed by atoms with E-state index in [0.717, 1.165) is 12.1 Å². The maximum Gasteiger partial charge on any atom is 0.0226 e. The van der Waals surface area contributed by atoms with E-state index in [2.05, 4.69) is 45.0 Å². The minimum Gasteiger partial charge on any atom is -0.315 e. The second-order valence-electron chi connectivity index (χ2n) is 4.98. The van der Waals surface area contributed by atoms with Gasteiger partial charge in [0.25, 0.3) is 0 Å². The van der Waals surface area contributed by atoms with Gasteiger partial charge < -0.3 is 5.32 Å². The Morgan fingerprint density at radius 3 is 2.47 bits per heavy atom. The number of likely N-dealkylation sites (N-methyl/N-ethyl adjacent to an activating group) is 1. The van der Waals surface area contributed by atoms with Crippen LogP contribution in [0.5, 0.6) is 0 Å². The van der Waals surface area contributed by atoms with Gasteiger partial charge in [0, 0.05) is 24.2 Å². The summed E-state index contributed by atoms with van der Waals surface area (Å²) < 4.78 is 0. The molecule has 0 amide bonds. The summed E-state index contributed by atoms with van der Waals surface area (Å²) in [6, 6.07) is 2.90. The Morgan fingerprint density at radius 2 is 2.00 bits per heavy atom. The first kappa shape index (κ1) is 13.0. The van der Waals surface area contributed by atoms with Crippen LogP contribution in [-0.4, -0.2) is 36.1 Å². The van der Waals surface area contributed by atoms with Crippen molar-refractivity contribution >= 4 is 0 Å². The van der Waals surface area contributed by atoms with Crippen LogP contribution < -0.4 is 5.32 Å². The van der Waals surface area contributed by atoms with E-state index in [0.29, 0.717) is 12.1 Å². The highest BCUT2D eigenvalue weighted by Crippen LogP contribution is 2.29. The average Bonchev–Trinajstić information content (AvgIpc) is 2.61. The molecule has 2 nitrogen and oxygen atoms in total. The molecule has 4 unspecified atom stereocenters. The highest BCUT2D eigenvalue weighted by atomic mass is 15.2. The summed E-state index contributed by atoms with van der Waals surface area (Å²) in [5.74, 6) is 0. The maximum atomic E-state index is 3.45. The van der Waals surface area contributed by atoms with Crippen LogP contribution in [0.15, 0.2) is 0 Å². The van der Waals surface area contributed by atoms with Gasteiger partial charge >= 0.3 is 0 Å². The molecule has 90 valence electrons. The summed E-state index contributed by atoms with van der Waals surface area (Å²) in [6.45, 7) is 9.37. The average molecular weight is 212 g/mol. The molecule has 1 fully saturated rings. The first-order chi connectivity index (χ1) is 7.15. The Labute approximate surface area is 95.4 Å². The third kappa shape index (κ3) is 2.73. The molecule has 0 aromatic heterocycles. The van der Waals surface area contributed by atoms with Crippen LogP contribution in [-0.2, 0) is 0 Å². The summed E-state index contributed by atoms with van der Waals surface area (Å²) in [5, 5.41) is 3.45.